The molecule has 0 fully saturated rings. The predicted octanol–water partition coefficient (Wildman–Crippen LogP) is 9.99. The topological polar surface area (TPSA) is 46.2 Å². The Morgan fingerprint density at radius 1 is 0.500 bits per heavy atom. The molecule has 1 N–H and O–H groups in total. The summed E-state index contributed by atoms with van der Waals surface area (Å²) in [6.07, 6.45) is 0.264. The summed E-state index contributed by atoms with van der Waals surface area (Å²) in [6.45, 7) is 0. The summed E-state index contributed by atoms with van der Waals surface area (Å²) in [7, 11) is 0. The van der Waals surface area contributed by atoms with Crippen molar-refractivity contribution in [3.63, 3.8) is 0 Å². The standard InChI is InChI=1S/C31H17NO2S6/c33-17-15-16(18-5-6-23(37-18)24-9-7-21(38-24)19-3-1-13-35-19)28-29(17)30(32-31(28)34)27-12-11-26(40-27)25-10-8-22(39-25)20-4-2-14-36-20/h1-14H,15H2,(H,32,34). The lowest BCUT2D eigenvalue weighted by Gasteiger charge is -2.02. The van der Waals surface area contributed by atoms with E-state index < -0.39 is 0 Å². The van der Waals surface area contributed by atoms with Crippen LogP contribution in [0.15, 0.2) is 94.7 Å². The zero-order valence-electron chi connectivity index (χ0n) is 20.6. The lowest BCUT2D eigenvalue weighted by molar-refractivity contribution is -0.116. The Morgan fingerprint density at radius 2 is 0.950 bits per heavy atom. The van der Waals surface area contributed by atoms with Gasteiger partial charge in [0.25, 0.3) is 5.91 Å². The van der Waals surface area contributed by atoms with Crippen molar-refractivity contribution in [2.45, 2.75) is 6.42 Å². The van der Waals surface area contributed by atoms with E-state index in [1.54, 1.807) is 68.0 Å². The second-order valence-corrected chi connectivity index (χ2v) is 15.5. The number of thiophene rings is 6. The van der Waals surface area contributed by atoms with Crippen molar-refractivity contribution in [2.75, 3.05) is 0 Å². The number of ketones is 1. The van der Waals surface area contributed by atoms with Crippen LogP contribution in [0.5, 0.6) is 0 Å². The number of allylic oxidation sites excluding steroid dienone is 1. The second-order valence-electron chi connectivity index (χ2n) is 9.27. The maximum absolute atomic E-state index is 13.3. The molecule has 194 valence electrons. The smallest absolute Gasteiger partial charge is 0.256 e. The lowest BCUT2D eigenvalue weighted by atomic mass is 10.1. The van der Waals surface area contributed by atoms with Crippen LogP contribution in [0.25, 0.3) is 50.3 Å². The van der Waals surface area contributed by atoms with Crippen molar-refractivity contribution < 1.29 is 9.59 Å². The molecule has 7 heterocycles. The molecule has 6 aromatic heterocycles. The van der Waals surface area contributed by atoms with Crippen molar-refractivity contribution in [1.82, 2.24) is 5.32 Å². The molecule has 2 aliphatic rings. The molecule has 0 saturated heterocycles. The third kappa shape index (κ3) is 4.08. The maximum atomic E-state index is 13.3. The number of nitrogens with one attached hydrogen (secondary N) is 1. The monoisotopic (exact) mass is 627 g/mol. The van der Waals surface area contributed by atoms with Gasteiger partial charge in [-0.2, -0.15) is 0 Å². The minimum Gasteiger partial charge on any atom is -0.320 e. The Morgan fingerprint density at radius 3 is 1.48 bits per heavy atom. The molecule has 8 rings (SSSR count). The van der Waals surface area contributed by atoms with E-state index in [0.717, 1.165) is 25.1 Å². The van der Waals surface area contributed by atoms with Crippen LogP contribution in [0.1, 0.15) is 16.2 Å². The molecule has 0 bridgehead atoms. The third-order valence-electron chi connectivity index (χ3n) is 6.87. The van der Waals surface area contributed by atoms with Gasteiger partial charge >= 0.3 is 0 Å². The van der Waals surface area contributed by atoms with Gasteiger partial charge in [0.15, 0.2) is 5.78 Å². The number of amides is 1. The summed E-state index contributed by atoms with van der Waals surface area (Å²) in [5, 5.41) is 7.22. The zero-order valence-corrected chi connectivity index (χ0v) is 25.5. The van der Waals surface area contributed by atoms with Gasteiger partial charge in [-0.25, -0.2) is 0 Å². The van der Waals surface area contributed by atoms with E-state index in [1.165, 1.54) is 29.3 Å². The minimum atomic E-state index is -0.178. The zero-order chi connectivity index (χ0) is 26.8. The Balaban J connectivity index is 1.12. The number of carbonyl (C=O) groups is 2. The average Bonchev–Trinajstić information content (AvgIpc) is 3.82. The number of carbonyl (C=O) groups excluding carboxylic acids is 2. The molecule has 40 heavy (non-hydrogen) atoms. The maximum Gasteiger partial charge on any atom is 0.256 e. The van der Waals surface area contributed by atoms with Crippen LogP contribution < -0.4 is 5.32 Å². The van der Waals surface area contributed by atoms with Crippen LogP contribution in [-0.4, -0.2) is 11.7 Å². The highest BCUT2D eigenvalue weighted by Crippen LogP contribution is 2.48. The summed E-state index contributed by atoms with van der Waals surface area (Å²) in [4.78, 5) is 38.2. The molecule has 6 aromatic rings. The molecular weight excluding hydrogens is 611 g/mol. The molecule has 1 aliphatic carbocycles. The normalized spacial score (nSPS) is 15.0. The Bertz CT molecular complexity index is 1840. The largest absolute Gasteiger partial charge is 0.320 e. The van der Waals surface area contributed by atoms with Gasteiger partial charge in [0.2, 0.25) is 0 Å². The van der Waals surface area contributed by atoms with E-state index >= 15 is 0 Å². The van der Waals surface area contributed by atoms with Gasteiger partial charge in [0.1, 0.15) is 0 Å². The fourth-order valence-corrected chi connectivity index (χ4v) is 11.0. The number of Topliss-reactive ketones (excluding diaryl/α,β-unsaturated/α-hetero) is 1. The number of hydrogen-bond acceptors (Lipinski definition) is 8. The second kappa shape index (κ2) is 9.73. The molecule has 1 aliphatic heterocycles. The third-order valence-corrected chi connectivity index (χ3v) is 13.8. The van der Waals surface area contributed by atoms with Crippen molar-refractivity contribution in [3.8, 4) is 39.0 Å². The molecular formula is C31H17NO2S6. The first-order valence-corrected chi connectivity index (χ1v) is 17.5. The first kappa shape index (κ1) is 24.6. The van der Waals surface area contributed by atoms with Gasteiger partial charge in [-0.3, -0.25) is 9.59 Å². The van der Waals surface area contributed by atoms with Crippen molar-refractivity contribution in [3.05, 3.63) is 104 Å². The van der Waals surface area contributed by atoms with Crippen LogP contribution in [0.4, 0.5) is 0 Å². The highest BCUT2D eigenvalue weighted by atomic mass is 32.1. The van der Waals surface area contributed by atoms with Crippen LogP contribution in [0.3, 0.4) is 0 Å². The van der Waals surface area contributed by atoms with Gasteiger partial charge in [-0.15, -0.1) is 68.0 Å². The van der Waals surface area contributed by atoms with Gasteiger partial charge in [0.05, 0.1) is 21.7 Å². The van der Waals surface area contributed by atoms with E-state index in [4.69, 9.17) is 0 Å². The quantitative estimate of drug-likeness (QED) is 0.200. The molecule has 0 spiro atoms. The molecule has 9 heteroatoms. The van der Waals surface area contributed by atoms with Crippen molar-refractivity contribution in [1.29, 1.82) is 0 Å². The molecule has 0 radical (unpaired) electrons. The summed E-state index contributed by atoms with van der Waals surface area (Å²) >= 11 is 10.3. The van der Waals surface area contributed by atoms with E-state index in [1.807, 2.05) is 6.07 Å². The number of hydrogen-bond donors (Lipinski definition) is 1. The molecule has 0 aromatic carbocycles. The van der Waals surface area contributed by atoms with Crippen LogP contribution in [0, 0.1) is 0 Å². The van der Waals surface area contributed by atoms with Crippen molar-refractivity contribution in [2.24, 2.45) is 0 Å². The summed E-state index contributed by atoms with van der Waals surface area (Å²) < 4.78 is 0. The first-order valence-electron chi connectivity index (χ1n) is 12.4. The first-order chi connectivity index (χ1) is 19.6. The lowest BCUT2D eigenvalue weighted by Crippen LogP contribution is -2.16. The molecule has 0 atom stereocenters. The highest BCUT2D eigenvalue weighted by molar-refractivity contribution is 7.27. The Labute approximate surface area is 254 Å². The SMILES string of the molecule is O=C1CC(c2ccc(-c3ccc(-c4cccs4)s3)s2)=C2C(=O)NC(c3ccc(-c4ccc(-c5cccs5)s4)s3)=C12. The summed E-state index contributed by atoms with van der Waals surface area (Å²) in [5.41, 5.74) is 2.59. The summed E-state index contributed by atoms with van der Waals surface area (Å²) in [6, 6.07) is 25.3. The number of fused-ring (bicyclic) bond motifs is 1. The van der Waals surface area contributed by atoms with Gasteiger partial charge < -0.3 is 5.32 Å². The van der Waals surface area contributed by atoms with Crippen LogP contribution in [-0.2, 0) is 9.59 Å². The van der Waals surface area contributed by atoms with Crippen molar-refractivity contribution >= 4 is 91.0 Å². The number of rotatable bonds is 6. The average molecular weight is 628 g/mol. The van der Waals surface area contributed by atoms with E-state index in [9.17, 15) is 9.59 Å². The molecule has 1 amide bonds. The van der Waals surface area contributed by atoms with Gasteiger partial charge in [0, 0.05) is 50.3 Å². The van der Waals surface area contributed by atoms with Crippen LogP contribution in [0.2, 0.25) is 0 Å². The van der Waals surface area contributed by atoms with Crippen LogP contribution >= 0.6 is 68.0 Å². The summed E-state index contributed by atoms with van der Waals surface area (Å²) in [5.74, 6) is -0.168. The van der Waals surface area contributed by atoms with E-state index in [2.05, 4.69) is 82.8 Å². The van der Waals surface area contributed by atoms with Gasteiger partial charge in [-0.1, -0.05) is 12.1 Å². The molecule has 0 saturated carbocycles. The highest BCUT2D eigenvalue weighted by Gasteiger charge is 2.41. The predicted molar refractivity (Wildman–Crippen MR) is 173 cm³/mol. The Kier molecular flexibility index (Phi) is 5.98. The molecule has 0 unspecified atom stereocenters. The fourth-order valence-electron chi connectivity index (χ4n) is 5.06. The molecule has 3 nitrogen and oxygen atoms in total. The Hall–Kier alpha value is -3.18. The van der Waals surface area contributed by atoms with E-state index in [-0.39, 0.29) is 18.1 Å². The van der Waals surface area contributed by atoms with E-state index in [0.29, 0.717) is 16.8 Å². The minimum absolute atomic E-state index is 0.00969. The van der Waals surface area contributed by atoms with Gasteiger partial charge in [-0.05, 0) is 77.0 Å². The fraction of sp³-hybridized carbons (Fsp3) is 0.0323.